The third-order valence-corrected chi connectivity index (χ3v) is 4.74. The highest BCUT2D eigenvalue weighted by Crippen LogP contribution is 2.26. The zero-order valence-corrected chi connectivity index (χ0v) is 11.8. The van der Waals surface area contributed by atoms with E-state index in [1.807, 2.05) is 23.1 Å². The van der Waals surface area contributed by atoms with E-state index in [2.05, 4.69) is 40.5 Å². The van der Waals surface area contributed by atoms with Gasteiger partial charge in [0.25, 0.3) is 0 Å². The molecule has 0 aliphatic heterocycles. The van der Waals surface area contributed by atoms with E-state index in [0.29, 0.717) is 0 Å². The van der Waals surface area contributed by atoms with Crippen LogP contribution in [0.1, 0.15) is 16.9 Å². The lowest BCUT2D eigenvalue weighted by molar-refractivity contribution is 0.685. The van der Waals surface area contributed by atoms with Gasteiger partial charge < -0.3 is 5.32 Å². The topological polar surface area (TPSA) is 12.0 Å². The molecule has 1 aromatic rings. The number of thioether (sulfide) groups is 1. The molecule has 1 heterocycles. The predicted octanol–water partition coefficient (Wildman–Crippen LogP) is 3.66. The summed E-state index contributed by atoms with van der Waals surface area (Å²) in [7, 11) is 0. The van der Waals surface area contributed by atoms with Crippen LogP contribution in [0.3, 0.4) is 0 Å². The molecular weight excluding hydrogens is 278 g/mol. The van der Waals surface area contributed by atoms with Gasteiger partial charge in [0, 0.05) is 11.4 Å². The molecule has 0 saturated carbocycles. The van der Waals surface area contributed by atoms with Gasteiger partial charge in [-0.15, -0.1) is 11.3 Å². The minimum Gasteiger partial charge on any atom is -0.312 e. The average Bonchev–Trinajstić information content (AvgIpc) is 2.46. The fraction of sp³-hybridized carbons (Fsp3) is 0.600. The molecule has 0 unspecified atom stereocenters. The van der Waals surface area contributed by atoms with Crippen molar-refractivity contribution in [3.05, 3.63) is 20.3 Å². The van der Waals surface area contributed by atoms with E-state index in [1.165, 1.54) is 26.4 Å². The molecule has 0 bridgehead atoms. The highest BCUT2D eigenvalue weighted by Gasteiger charge is 2.01. The number of thiophene rings is 1. The van der Waals surface area contributed by atoms with Gasteiger partial charge in [-0.05, 0) is 59.5 Å². The Bertz CT molecular complexity index is 254. The van der Waals surface area contributed by atoms with Crippen LogP contribution in [-0.4, -0.2) is 18.6 Å². The molecule has 1 aromatic heterocycles. The van der Waals surface area contributed by atoms with Crippen molar-refractivity contribution in [2.75, 3.05) is 18.6 Å². The lowest BCUT2D eigenvalue weighted by atomic mass is 10.3. The first-order valence-corrected chi connectivity index (χ1v) is 7.69. The van der Waals surface area contributed by atoms with Gasteiger partial charge in [0.15, 0.2) is 0 Å². The summed E-state index contributed by atoms with van der Waals surface area (Å²) >= 11 is 7.27. The second kappa shape index (κ2) is 6.88. The molecular formula is C10H16BrNS2. The van der Waals surface area contributed by atoms with E-state index in [-0.39, 0.29) is 0 Å². The summed E-state index contributed by atoms with van der Waals surface area (Å²) in [6.45, 7) is 4.26. The first-order chi connectivity index (χ1) is 6.74. The fourth-order valence-electron chi connectivity index (χ4n) is 1.16. The molecule has 0 saturated heterocycles. The Morgan fingerprint density at radius 2 is 2.36 bits per heavy atom. The number of halogens is 1. The zero-order valence-electron chi connectivity index (χ0n) is 8.60. The molecule has 4 heteroatoms. The molecule has 1 N–H and O–H groups in total. The summed E-state index contributed by atoms with van der Waals surface area (Å²) in [6, 6.07) is 2.25. The summed E-state index contributed by atoms with van der Waals surface area (Å²) in [6.07, 6.45) is 3.41. The van der Waals surface area contributed by atoms with Crippen LogP contribution in [0.2, 0.25) is 0 Å². The summed E-state index contributed by atoms with van der Waals surface area (Å²) < 4.78 is 1.26. The number of aryl methyl sites for hydroxylation is 1. The minimum atomic E-state index is 1.01. The first kappa shape index (κ1) is 12.6. The highest BCUT2D eigenvalue weighted by molar-refractivity contribution is 9.11. The first-order valence-electron chi connectivity index (χ1n) is 4.68. The summed E-state index contributed by atoms with van der Waals surface area (Å²) in [5.74, 6) is 1.25. The predicted molar refractivity (Wildman–Crippen MR) is 71.5 cm³/mol. The lowest BCUT2D eigenvalue weighted by Crippen LogP contribution is -2.14. The Morgan fingerprint density at radius 3 is 2.93 bits per heavy atom. The summed E-state index contributed by atoms with van der Waals surface area (Å²) in [5, 5.41) is 3.45. The second-order valence-electron chi connectivity index (χ2n) is 3.19. The number of hydrogen-bond acceptors (Lipinski definition) is 3. The Morgan fingerprint density at radius 1 is 1.57 bits per heavy atom. The van der Waals surface area contributed by atoms with Crippen molar-refractivity contribution in [2.24, 2.45) is 0 Å². The highest BCUT2D eigenvalue weighted by atomic mass is 79.9. The summed E-state index contributed by atoms with van der Waals surface area (Å²) in [5.41, 5.74) is 1.34. The van der Waals surface area contributed by atoms with E-state index in [4.69, 9.17) is 0 Å². The minimum absolute atomic E-state index is 1.01. The van der Waals surface area contributed by atoms with Gasteiger partial charge >= 0.3 is 0 Å². The molecule has 0 aliphatic carbocycles. The molecule has 0 spiro atoms. The second-order valence-corrected chi connectivity index (χ2v) is 6.63. The van der Waals surface area contributed by atoms with Crippen LogP contribution < -0.4 is 5.32 Å². The van der Waals surface area contributed by atoms with Crippen molar-refractivity contribution in [3.8, 4) is 0 Å². The van der Waals surface area contributed by atoms with Crippen molar-refractivity contribution in [2.45, 2.75) is 19.9 Å². The smallest absolute Gasteiger partial charge is 0.0730 e. The van der Waals surface area contributed by atoms with Crippen molar-refractivity contribution in [1.29, 1.82) is 0 Å². The van der Waals surface area contributed by atoms with Gasteiger partial charge in [0.1, 0.15) is 0 Å². The van der Waals surface area contributed by atoms with E-state index in [9.17, 15) is 0 Å². The van der Waals surface area contributed by atoms with Gasteiger partial charge in [-0.2, -0.15) is 11.8 Å². The van der Waals surface area contributed by atoms with Crippen LogP contribution in [-0.2, 0) is 6.54 Å². The molecule has 0 fully saturated rings. The monoisotopic (exact) mass is 293 g/mol. The molecule has 0 aromatic carbocycles. The Kier molecular flexibility index (Phi) is 6.17. The van der Waals surface area contributed by atoms with Gasteiger partial charge in [-0.3, -0.25) is 0 Å². The van der Waals surface area contributed by atoms with Crippen LogP contribution in [0.15, 0.2) is 9.85 Å². The van der Waals surface area contributed by atoms with Crippen LogP contribution in [0.4, 0.5) is 0 Å². The number of rotatable bonds is 6. The van der Waals surface area contributed by atoms with E-state index < -0.39 is 0 Å². The van der Waals surface area contributed by atoms with Gasteiger partial charge in [-0.25, -0.2) is 0 Å². The summed E-state index contributed by atoms with van der Waals surface area (Å²) in [4.78, 5) is 1.42. The third kappa shape index (κ3) is 4.34. The fourth-order valence-corrected chi connectivity index (χ4v) is 3.19. The van der Waals surface area contributed by atoms with E-state index >= 15 is 0 Å². The number of hydrogen-bond donors (Lipinski definition) is 1. The van der Waals surface area contributed by atoms with Crippen molar-refractivity contribution in [1.82, 2.24) is 5.32 Å². The molecule has 0 aliphatic rings. The maximum absolute atomic E-state index is 3.54. The molecule has 0 atom stereocenters. The zero-order chi connectivity index (χ0) is 10.4. The molecule has 1 nitrogen and oxygen atoms in total. The Balaban J connectivity index is 2.18. The largest absolute Gasteiger partial charge is 0.312 e. The molecule has 0 amide bonds. The van der Waals surface area contributed by atoms with Crippen LogP contribution in [0, 0.1) is 6.92 Å². The standard InChI is InChI=1S/C10H16BrNS2/c1-8-6-9(14-10(8)11)7-12-4-3-5-13-2/h6,12H,3-5,7H2,1-2H3. The molecule has 0 radical (unpaired) electrons. The molecule has 1 rings (SSSR count). The van der Waals surface area contributed by atoms with Gasteiger partial charge in [0.05, 0.1) is 3.79 Å². The normalized spacial score (nSPS) is 10.8. The van der Waals surface area contributed by atoms with E-state index in [1.54, 1.807) is 0 Å². The molecule has 80 valence electrons. The third-order valence-electron chi connectivity index (χ3n) is 1.91. The SMILES string of the molecule is CSCCCNCc1cc(C)c(Br)s1. The van der Waals surface area contributed by atoms with Crippen LogP contribution >= 0.6 is 39.0 Å². The average molecular weight is 294 g/mol. The Labute approximate surface area is 103 Å². The Hall–Kier alpha value is 0.490. The van der Waals surface area contributed by atoms with Crippen LogP contribution in [0.25, 0.3) is 0 Å². The number of nitrogens with one attached hydrogen (secondary N) is 1. The molecule has 14 heavy (non-hydrogen) atoms. The maximum atomic E-state index is 3.54. The van der Waals surface area contributed by atoms with E-state index in [0.717, 1.165) is 13.1 Å². The van der Waals surface area contributed by atoms with Gasteiger partial charge in [-0.1, -0.05) is 0 Å². The van der Waals surface area contributed by atoms with Crippen molar-refractivity contribution < 1.29 is 0 Å². The van der Waals surface area contributed by atoms with Gasteiger partial charge in [0.2, 0.25) is 0 Å². The maximum Gasteiger partial charge on any atom is 0.0730 e. The quantitative estimate of drug-likeness (QED) is 0.804. The van der Waals surface area contributed by atoms with Crippen molar-refractivity contribution in [3.63, 3.8) is 0 Å². The van der Waals surface area contributed by atoms with Crippen molar-refractivity contribution >= 4 is 39.0 Å². The van der Waals surface area contributed by atoms with Crippen LogP contribution in [0.5, 0.6) is 0 Å². The lowest BCUT2D eigenvalue weighted by Gasteiger charge is -2.01.